The molecular formula is C21H16F3NO4. The second-order valence-corrected chi connectivity index (χ2v) is 7.29. The number of hydrogen-bond donors (Lipinski definition) is 0. The first-order chi connectivity index (χ1) is 13.7. The number of Topliss-reactive ketones (excluding diaryl/α,β-unsaturated/α-hetero) is 2. The molecule has 2 bridgehead atoms. The first kappa shape index (κ1) is 19.3. The lowest BCUT2D eigenvalue weighted by Crippen LogP contribution is -2.29. The van der Waals surface area contributed by atoms with Crippen LogP contribution in [0, 0.1) is 11.8 Å². The van der Waals surface area contributed by atoms with Crippen molar-refractivity contribution < 1.29 is 32.3 Å². The van der Waals surface area contributed by atoms with Gasteiger partial charge >= 0.3 is 12.1 Å². The summed E-state index contributed by atoms with van der Waals surface area (Å²) in [4.78, 5) is 41.6. The zero-order valence-corrected chi connectivity index (χ0v) is 15.4. The molecule has 2 unspecified atom stereocenters. The highest BCUT2D eigenvalue weighted by Gasteiger charge is 2.45. The minimum Gasteiger partial charge on any atom is -0.430 e. The maximum absolute atomic E-state index is 13.3. The number of carbonyl (C=O) groups excluding carboxylic acids is 3. The van der Waals surface area contributed by atoms with Gasteiger partial charge in [0.1, 0.15) is 11.3 Å². The topological polar surface area (TPSA) is 73.3 Å². The molecule has 150 valence electrons. The van der Waals surface area contributed by atoms with Crippen LogP contribution in [0.3, 0.4) is 0 Å². The summed E-state index contributed by atoms with van der Waals surface area (Å²) in [5, 5.41) is -0.00674. The highest BCUT2D eigenvalue weighted by atomic mass is 19.4. The summed E-state index contributed by atoms with van der Waals surface area (Å²) in [6.07, 6.45) is -1.73. The molecular weight excluding hydrogens is 387 g/mol. The molecule has 4 rings (SSSR count). The molecule has 5 nitrogen and oxygen atoms in total. The number of hydrogen-bond acceptors (Lipinski definition) is 5. The SMILES string of the molecule is CC(=O)OC1=C(C(=O)c2ccc(C(F)(F)F)c3ncccc23)C(=O)C2CCC1C2. The molecule has 1 heterocycles. The van der Waals surface area contributed by atoms with E-state index >= 15 is 0 Å². The van der Waals surface area contributed by atoms with E-state index < -0.39 is 29.3 Å². The number of fused-ring (bicyclic) bond motifs is 3. The Labute approximate surface area is 163 Å². The summed E-state index contributed by atoms with van der Waals surface area (Å²) in [5.74, 6) is -2.33. The molecule has 8 heteroatoms. The van der Waals surface area contributed by atoms with E-state index in [2.05, 4.69) is 4.98 Å². The fourth-order valence-corrected chi connectivity index (χ4v) is 4.23. The summed E-state index contributed by atoms with van der Waals surface area (Å²) < 4.78 is 45.3. The number of rotatable bonds is 3. The van der Waals surface area contributed by atoms with Crippen LogP contribution in [0.1, 0.15) is 42.1 Å². The van der Waals surface area contributed by atoms with Crippen LogP contribution in [0.5, 0.6) is 0 Å². The van der Waals surface area contributed by atoms with E-state index in [9.17, 15) is 27.6 Å². The van der Waals surface area contributed by atoms with Gasteiger partial charge in [-0.3, -0.25) is 19.4 Å². The van der Waals surface area contributed by atoms with Gasteiger partial charge in [0.25, 0.3) is 0 Å². The monoisotopic (exact) mass is 403 g/mol. The fourth-order valence-electron chi connectivity index (χ4n) is 4.23. The standard InChI is InChI=1S/C21H16F3NO4/c1-10(26)29-20-12-5-4-11(9-12)18(27)16(20)19(28)14-6-7-15(21(22,23)24)17-13(14)3-2-8-25-17/h2-3,6-8,11-12H,4-5,9H2,1H3. The van der Waals surface area contributed by atoms with Gasteiger partial charge in [0.2, 0.25) is 5.78 Å². The van der Waals surface area contributed by atoms with Crippen LogP contribution >= 0.6 is 0 Å². The van der Waals surface area contributed by atoms with Crippen molar-refractivity contribution in [2.75, 3.05) is 0 Å². The second-order valence-electron chi connectivity index (χ2n) is 7.29. The van der Waals surface area contributed by atoms with E-state index in [1.165, 1.54) is 25.3 Å². The second kappa shape index (κ2) is 6.79. The van der Waals surface area contributed by atoms with Crippen molar-refractivity contribution in [1.82, 2.24) is 4.98 Å². The maximum Gasteiger partial charge on any atom is 0.418 e. The lowest BCUT2D eigenvalue weighted by molar-refractivity contribution is -0.138. The lowest BCUT2D eigenvalue weighted by atomic mass is 9.82. The Morgan fingerprint density at radius 1 is 1.14 bits per heavy atom. The molecule has 2 aliphatic rings. The maximum atomic E-state index is 13.3. The van der Waals surface area contributed by atoms with Crippen LogP contribution in [0.15, 0.2) is 41.8 Å². The number of alkyl halides is 3. The molecule has 0 N–H and O–H groups in total. The zero-order valence-electron chi connectivity index (χ0n) is 15.4. The van der Waals surface area contributed by atoms with Crippen LogP contribution in [0.4, 0.5) is 13.2 Å². The molecule has 2 aromatic rings. The quantitative estimate of drug-likeness (QED) is 0.435. The van der Waals surface area contributed by atoms with Crippen LogP contribution in [-0.2, 0) is 20.5 Å². The molecule has 0 aliphatic heterocycles. The number of esters is 1. The van der Waals surface area contributed by atoms with Crippen molar-refractivity contribution >= 4 is 28.4 Å². The predicted octanol–water partition coefficient (Wildman–Crippen LogP) is 4.25. The van der Waals surface area contributed by atoms with Crippen LogP contribution < -0.4 is 0 Å². The number of pyridine rings is 1. The van der Waals surface area contributed by atoms with Gasteiger partial charge in [0.05, 0.1) is 11.1 Å². The summed E-state index contributed by atoms with van der Waals surface area (Å²) in [7, 11) is 0. The van der Waals surface area contributed by atoms with Crippen LogP contribution in [0.2, 0.25) is 0 Å². The highest BCUT2D eigenvalue weighted by Crippen LogP contribution is 2.45. The molecule has 29 heavy (non-hydrogen) atoms. The van der Waals surface area contributed by atoms with E-state index in [0.29, 0.717) is 19.3 Å². The Morgan fingerprint density at radius 2 is 1.86 bits per heavy atom. The number of halogens is 3. The molecule has 1 saturated carbocycles. The van der Waals surface area contributed by atoms with E-state index in [-0.39, 0.29) is 39.6 Å². The van der Waals surface area contributed by atoms with Gasteiger partial charge in [0, 0.05) is 35.9 Å². The first-order valence-electron chi connectivity index (χ1n) is 9.15. The molecule has 0 radical (unpaired) electrons. The van der Waals surface area contributed by atoms with E-state index in [0.717, 1.165) is 12.1 Å². The summed E-state index contributed by atoms with van der Waals surface area (Å²) in [5.41, 5.74) is -1.64. The number of ether oxygens (including phenoxy) is 1. The molecule has 0 saturated heterocycles. The number of aromatic nitrogens is 1. The normalized spacial score (nSPS) is 21.6. The van der Waals surface area contributed by atoms with Crippen molar-refractivity contribution in [2.24, 2.45) is 11.8 Å². The number of benzene rings is 1. The van der Waals surface area contributed by atoms with Crippen molar-refractivity contribution in [3.8, 4) is 0 Å². The van der Waals surface area contributed by atoms with Crippen molar-refractivity contribution in [2.45, 2.75) is 32.4 Å². The van der Waals surface area contributed by atoms with Gasteiger partial charge in [-0.15, -0.1) is 0 Å². The number of ketones is 2. The summed E-state index contributed by atoms with van der Waals surface area (Å²) in [6.45, 7) is 1.18. The predicted molar refractivity (Wildman–Crippen MR) is 95.7 cm³/mol. The van der Waals surface area contributed by atoms with Gasteiger partial charge < -0.3 is 4.74 Å². The third-order valence-corrected chi connectivity index (χ3v) is 5.47. The number of allylic oxidation sites excluding steroid dienone is 2. The molecule has 1 fully saturated rings. The molecule has 2 aliphatic carbocycles. The summed E-state index contributed by atoms with van der Waals surface area (Å²) >= 11 is 0. The Morgan fingerprint density at radius 3 is 2.55 bits per heavy atom. The largest absolute Gasteiger partial charge is 0.430 e. The van der Waals surface area contributed by atoms with Crippen LogP contribution in [0.25, 0.3) is 10.9 Å². The first-order valence-corrected chi connectivity index (χ1v) is 9.15. The molecule has 2 atom stereocenters. The van der Waals surface area contributed by atoms with E-state index in [1.807, 2.05) is 0 Å². The third-order valence-electron chi connectivity index (χ3n) is 5.47. The fraction of sp³-hybridized carbons (Fsp3) is 0.333. The van der Waals surface area contributed by atoms with Crippen molar-refractivity contribution in [1.29, 1.82) is 0 Å². The summed E-state index contributed by atoms with van der Waals surface area (Å²) in [6, 6.07) is 4.62. The average Bonchev–Trinajstić information content (AvgIpc) is 3.10. The van der Waals surface area contributed by atoms with E-state index in [1.54, 1.807) is 0 Å². The van der Waals surface area contributed by atoms with Gasteiger partial charge in [-0.05, 0) is 37.5 Å². The van der Waals surface area contributed by atoms with Crippen molar-refractivity contribution in [3.63, 3.8) is 0 Å². The zero-order chi connectivity index (χ0) is 20.9. The van der Waals surface area contributed by atoms with Crippen molar-refractivity contribution in [3.05, 3.63) is 52.9 Å². The van der Waals surface area contributed by atoms with E-state index in [4.69, 9.17) is 4.74 Å². The Bertz CT molecular complexity index is 1090. The van der Waals surface area contributed by atoms with Gasteiger partial charge in [0.15, 0.2) is 5.78 Å². The Hall–Kier alpha value is -3.03. The van der Waals surface area contributed by atoms with Gasteiger partial charge in [-0.2, -0.15) is 13.2 Å². The average molecular weight is 403 g/mol. The molecule has 1 aromatic carbocycles. The third kappa shape index (κ3) is 3.22. The molecule has 1 aromatic heterocycles. The smallest absolute Gasteiger partial charge is 0.418 e. The van der Waals surface area contributed by atoms with Crippen LogP contribution in [-0.4, -0.2) is 22.5 Å². The molecule has 0 spiro atoms. The lowest BCUT2D eigenvalue weighted by Gasteiger charge is -2.24. The minimum atomic E-state index is -4.64. The number of nitrogens with zero attached hydrogens (tertiary/aromatic N) is 1. The minimum absolute atomic E-state index is 0.00674. The Balaban J connectivity index is 1.91. The molecule has 0 amide bonds. The Kier molecular flexibility index (Phi) is 4.52. The highest BCUT2D eigenvalue weighted by molar-refractivity contribution is 6.30. The number of carbonyl (C=O) groups is 3. The van der Waals surface area contributed by atoms with Gasteiger partial charge in [-0.25, -0.2) is 0 Å². The van der Waals surface area contributed by atoms with Gasteiger partial charge in [-0.1, -0.05) is 6.07 Å².